The Morgan fingerprint density at radius 1 is 1.77 bits per heavy atom. The topological polar surface area (TPSA) is 71.1 Å². The Morgan fingerprint density at radius 3 is 3.15 bits per heavy atom. The van der Waals surface area contributed by atoms with Crippen molar-refractivity contribution in [2.75, 3.05) is 32.8 Å². The predicted octanol–water partition coefficient (Wildman–Crippen LogP) is -0.986. The molecule has 0 aliphatic carbocycles. The van der Waals surface area contributed by atoms with Gasteiger partial charge < -0.3 is 20.5 Å². The van der Waals surface area contributed by atoms with E-state index in [1.165, 1.54) is 0 Å². The molecular formula is C8H17N3O2. The lowest BCUT2D eigenvalue weighted by Gasteiger charge is -2.32. The quantitative estimate of drug-likeness (QED) is 0.430. The average Bonchev–Trinajstić information content (AvgIpc) is 2.18. The first-order valence-electron chi connectivity index (χ1n) is 4.55. The summed E-state index contributed by atoms with van der Waals surface area (Å²) in [4.78, 5) is 6.04. The molecule has 5 heteroatoms. The van der Waals surface area contributed by atoms with Gasteiger partial charge >= 0.3 is 0 Å². The maximum absolute atomic E-state index is 8.89. The second-order valence-corrected chi connectivity index (χ2v) is 2.95. The fourth-order valence-electron chi connectivity index (χ4n) is 1.30. The molecule has 0 amide bonds. The number of guanidine groups is 1. The summed E-state index contributed by atoms with van der Waals surface area (Å²) < 4.78 is 5.28. The van der Waals surface area contributed by atoms with Gasteiger partial charge in [0.2, 0.25) is 0 Å². The zero-order chi connectivity index (χ0) is 9.68. The molecule has 0 spiro atoms. The largest absolute Gasteiger partial charge is 0.394 e. The van der Waals surface area contributed by atoms with Crippen LogP contribution in [0.1, 0.15) is 6.92 Å². The molecule has 0 radical (unpaired) electrons. The van der Waals surface area contributed by atoms with Crippen LogP contribution in [-0.4, -0.2) is 54.9 Å². The number of ether oxygens (including phenoxy) is 1. The van der Waals surface area contributed by atoms with E-state index < -0.39 is 0 Å². The number of aliphatic hydroxyl groups is 1. The molecule has 1 saturated heterocycles. The van der Waals surface area contributed by atoms with Crippen molar-refractivity contribution in [3.63, 3.8) is 0 Å². The summed E-state index contributed by atoms with van der Waals surface area (Å²) in [6, 6.07) is 0. The number of aliphatic imine (C=N–C) groups is 1. The van der Waals surface area contributed by atoms with E-state index in [0.717, 1.165) is 6.54 Å². The van der Waals surface area contributed by atoms with Gasteiger partial charge in [-0.1, -0.05) is 0 Å². The van der Waals surface area contributed by atoms with E-state index in [1.807, 2.05) is 11.8 Å². The first-order chi connectivity index (χ1) is 6.27. The van der Waals surface area contributed by atoms with Crippen molar-refractivity contribution < 1.29 is 9.84 Å². The van der Waals surface area contributed by atoms with Crippen molar-refractivity contribution in [2.24, 2.45) is 10.7 Å². The Bertz CT molecular complexity index is 184. The van der Waals surface area contributed by atoms with E-state index in [1.54, 1.807) is 0 Å². The number of nitrogens with two attached hydrogens (primary N) is 1. The van der Waals surface area contributed by atoms with E-state index in [9.17, 15) is 0 Å². The first kappa shape index (κ1) is 10.3. The highest BCUT2D eigenvalue weighted by Crippen LogP contribution is 2.03. The fraction of sp³-hybridized carbons (Fsp3) is 0.875. The van der Waals surface area contributed by atoms with Crippen molar-refractivity contribution in [1.29, 1.82) is 0 Å². The summed E-state index contributed by atoms with van der Waals surface area (Å²) in [7, 11) is 0. The lowest BCUT2D eigenvalue weighted by molar-refractivity contribution is -0.0344. The average molecular weight is 187 g/mol. The van der Waals surface area contributed by atoms with Crippen LogP contribution in [0.4, 0.5) is 0 Å². The van der Waals surface area contributed by atoms with Gasteiger partial charge in [0, 0.05) is 19.6 Å². The van der Waals surface area contributed by atoms with Crippen LogP contribution in [0, 0.1) is 0 Å². The summed E-state index contributed by atoms with van der Waals surface area (Å²) in [5.74, 6) is 0.546. The Morgan fingerprint density at radius 2 is 2.54 bits per heavy atom. The third kappa shape index (κ3) is 2.86. The molecule has 1 unspecified atom stereocenters. The molecule has 1 atom stereocenters. The Balaban J connectivity index is 2.46. The summed E-state index contributed by atoms with van der Waals surface area (Å²) in [6.45, 7) is 4.66. The predicted molar refractivity (Wildman–Crippen MR) is 50.6 cm³/mol. The molecule has 1 rings (SSSR count). The molecule has 1 heterocycles. The van der Waals surface area contributed by atoms with Gasteiger partial charge in [-0.25, -0.2) is 0 Å². The van der Waals surface area contributed by atoms with Gasteiger partial charge in [-0.2, -0.15) is 0 Å². The summed E-state index contributed by atoms with van der Waals surface area (Å²) >= 11 is 0. The zero-order valence-corrected chi connectivity index (χ0v) is 7.94. The number of aliphatic hydroxyl groups excluding tert-OH is 1. The lowest BCUT2D eigenvalue weighted by Crippen LogP contribution is -2.49. The molecule has 1 aliphatic heterocycles. The molecule has 0 aromatic heterocycles. The highest BCUT2D eigenvalue weighted by Gasteiger charge is 2.20. The second kappa shape index (κ2) is 5.04. The van der Waals surface area contributed by atoms with E-state index in [4.69, 9.17) is 15.6 Å². The second-order valence-electron chi connectivity index (χ2n) is 2.95. The van der Waals surface area contributed by atoms with Crippen molar-refractivity contribution in [1.82, 2.24) is 4.90 Å². The van der Waals surface area contributed by atoms with Crippen molar-refractivity contribution in [3.05, 3.63) is 0 Å². The minimum atomic E-state index is -0.126. The van der Waals surface area contributed by atoms with Crippen LogP contribution in [0.5, 0.6) is 0 Å². The van der Waals surface area contributed by atoms with Gasteiger partial charge in [0.1, 0.15) is 0 Å². The molecular weight excluding hydrogens is 170 g/mol. The molecule has 13 heavy (non-hydrogen) atoms. The highest BCUT2D eigenvalue weighted by molar-refractivity contribution is 5.78. The molecule has 1 fully saturated rings. The van der Waals surface area contributed by atoms with Crippen LogP contribution in [-0.2, 0) is 4.74 Å². The van der Waals surface area contributed by atoms with Gasteiger partial charge in [0.25, 0.3) is 0 Å². The molecule has 3 N–H and O–H groups in total. The van der Waals surface area contributed by atoms with Crippen LogP contribution < -0.4 is 5.73 Å². The van der Waals surface area contributed by atoms with E-state index >= 15 is 0 Å². The lowest BCUT2D eigenvalue weighted by atomic mass is 10.3. The Kier molecular flexibility index (Phi) is 3.98. The van der Waals surface area contributed by atoms with Gasteiger partial charge in [-0.15, -0.1) is 0 Å². The number of rotatable bonds is 2. The maximum atomic E-state index is 8.89. The Labute approximate surface area is 78.2 Å². The Hall–Kier alpha value is -0.810. The minimum absolute atomic E-state index is 0.0376. The third-order valence-electron chi connectivity index (χ3n) is 1.99. The van der Waals surface area contributed by atoms with Gasteiger partial charge in [-0.05, 0) is 6.92 Å². The molecule has 0 aromatic rings. The number of hydrogen-bond donors (Lipinski definition) is 2. The molecule has 76 valence electrons. The van der Waals surface area contributed by atoms with Gasteiger partial charge in [0.15, 0.2) is 5.96 Å². The molecule has 5 nitrogen and oxygen atoms in total. The number of morpholine rings is 1. The summed E-state index contributed by atoms with van der Waals surface area (Å²) in [6.07, 6.45) is -0.126. The van der Waals surface area contributed by atoms with Gasteiger partial charge in [0.05, 0.1) is 19.3 Å². The summed E-state index contributed by atoms with van der Waals surface area (Å²) in [5, 5.41) is 8.89. The third-order valence-corrected chi connectivity index (χ3v) is 1.99. The molecule has 1 aliphatic rings. The maximum Gasteiger partial charge on any atom is 0.191 e. The van der Waals surface area contributed by atoms with E-state index in [0.29, 0.717) is 25.7 Å². The van der Waals surface area contributed by atoms with Crippen molar-refractivity contribution in [3.8, 4) is 0 Å². The first-order valence-corrected chi connectivity index (χ1v) is 4.55. The van der Waals surface area contributed by atoms with Crippen LogP contribution in [0.25, 0.3) is 0 Å². The van der Waals surface area contributed by atoms with Crippen molar-refractivity contribution >= 4 is 5.96 Å². The number of hydrogen-bond acceptors (Lipinski definition) is 3. The highest BCUT2D eigenvalue weighted by atomic mass is 16.5. The monoisotopic (exact) mass is 187 g/mol. The zero-order valence-electron chi connectivity index (χ0n) is 7.94. The molecule has 0 bridgehead atoms. The van der Waals surface area contributed by atoms with Crippen LogP contribution in [0.2, 0.25) is 0 Å². The SMILES string of the molecule is CCN=C(N)N1CCOC(CO)C1. The number of nitrogens with zero attached hydrogens (tertiary/aromatic N) is 2. The van der Waals surface area contributed by atoms with Crippen LogP contribution in [0.3, 0.4) is 0 Å². The molecule has 0 saturated carbocycles. The van der Waals surface area contributed by atoms with E-state index in [-0.39, 0.29) is 12.7 Å². The van der Waals surface area contributed by atoms with Crippen LogP contribution >= 0.6 is 0 Å². The fourth-order valence-corrected chi connectivity index (χ4v) is 1.30. The van der Waals surface area contributed by atoms with Crippen LogP contribution in [0.15, 0.2) is 4.99 Å². The smallest absolute Gasteiger partial charge is 0.191 e. The summed E-state index contributed by atoms with van der Waals surface area (Å²) in [5.41, 5.74) is 5.71. The normalized spacial score (nSPS) is 24.9. The van der Waals surface area contributed by atoms with Gasteiger partial charge in [-0.3, -0.25) is 4.99 Å². The minimum Gasteiger partial charge on any atom is -0.394 e. The standard InChI is InChI=1S/C8H17N3O2/c1-2-10-8(9)11-3-4-13-7(5-11)6-12/h7,12H,2-6H2,1H3,(H2,9,10). The molecule has 0 aromatic carbocycles. The van der Waals surface area contributed by atoms with Crippen molar-refractivity contribution in [2.45, 2.75) is 13.0 Å². The van der Waals surface area contributed by atoms with E-state index in [2.05, 4.69) is 4.99 Å².